The number of aromatic nitrogens is 2. The van der Waals surface area contributed by atoms with Gasteiger partial charge in [0.05, 0.1) is 6.42 Å². The van der Waals surface area contributed by atoms with Crippen LogP contribution in [0.2, 0.25) is 0 Å². The first kappa shape index (κ1) is 14.1. The monoisotopic (exact) mass is 288 g/mol. The Balaban J connectivity index is 1.81. The summed E-state index contributed by atoms with van der Waals surface area (Å²) >= 11 is 0. The fraction of sp³-hybridized carbons (Fsp3) is 0.500. The molecule has 5 heteroatoms. The Morgan fingerprint density at radius 3 is 2.76 bits per heavy atom. The number of aromatic hydroxyl groups is 1. The second-order valence-electron chi connectivity index (χ2n) is 5.45. The zero-order valence-corrected chi connectivity index (χ0v) is 12.2. The molecular formula is C16H20N2O3. The van der Waals surface area contributed by atoms with Gasteiger partial charge >= 0.3 is 0 Å². The molecule has 0 spiro atoms. The van der Waals surface area contributed by atoms with E-state index in [1.54, 1.807) is 12.1 Å². The number of ether oxygens (including phenoxy) is 1. The van der Waals surface area contributed by atoms with Crippen LogP contribution in [-0.2, 0) is 16.8 Å². The second-order valence-corrected chi connectivity index (χ2v) is 5.45. The average Bonchev–Trinajstić information content (AvgIpc) is 3.12. The van der Waals surface area contributed by atoms with E-state index in [4.69, 9.17) is 9.26 Å². The van der Waals surface area contributed by atoms with Crippen molar-refractivity contribution >= 4 is 0 Å². The minimum Gasteiger partial charge on any atom is -0.508 e. The topological polar surface area (TPSA) is 68.4 Å². The molecule has 1 heterocycles. The molecule has 1 fully saturated rings. The summed E-state index contributed by atoms with van der Waals surface area (Å²) in [6.07, 6.45) is 4.57. The van der Waals surface area contributed by atoms with Crippen molar-refractivity contribution in [2.45, 2.75) is 44.6 Å². The molecule has 21 heavy (non-hydrogen) atoms. The molecule has 1 aromatic carbocycles. The fourth-order valence-corrected chi connectivity index (χ4v) is 2.99. The van der Waals surface area contributed by atoms with Crippen molar-refractivity contribution in [3.05, 3.63) is 41.5 Å². The van der Waals surface area contributed by atoms with Crippen molar-refractivity contribution in [1.29, 1.82) is 0 Å². The summed E-state index contributed by atoms with van der Waals surface area (Å²) in [5, 5.41) is 13.9. The maximum atomic E-state index is 9.81. The molecule has 1 saturated carbocycles. The van der Waals surface area contributed by atoms with E-state index in [0.717, 1.165) is 31.2 Å². The van der Waals surface area contributed by atoms with Gasteiger partial charge in [-0.15, -0.1) is 0 Å². The lowest BCUT2D eigenvalue weighted by Gasteiger charge is -2.24. The van der Waals surface area contributed by atoms with Gasteiger partial charge < -0.3 is 14.4 Å². The van der Waals surface area contributed by atoms with Gasteiger partial charge in [0.25, 0.3) is 0 Å². The molecule has 0 unspecified atom stereocenters. The predicted octanol–water partition coefficient (Wildman–Crippen LogP) is 3.17. The molecule has 0 amide bonds. The van der Waals surface area contributed by atoms with Crippen LogP contribution in [0.4, 0.5) is 0 Å². The van der Waals surface area contributed by atoms with Gasteiger partial charge in [0.15, 0.2) is 0 Å². The average molecular weight is 288 g/mol. The number of phenolic OH excluding ortho intramolecular Hbond substituents is 1. The highest BCUT2D eigenvalue weighted by molar-refractivity contribution is 5.33. The van der Waals surface area contributed by atoms with Gasteiger partial charge in [0, 0.05) is 12.2 Å². The minimum atomic E-state index is -0.380. The van der Waals surface area contributed by atoms with Crippen LogP contribution in [0.15, 0.2) is 28.8 Å². The first-order valence-electron chi connectivity index (χ1n) is 7.47. The maximum absolute atomic E-state index is 9.81. The third kappa shape index (κ3) is 2.78. The Morgan fingerprint density at radius 2 is 2.05 bits per heavy atom. The van der Waals surface area contributed by atoms with Crippen LogP contribution in [0.3, 0.4) is 0 Å². The van der Waals surface area contributed by atoms with Gasteiger partial charge in [0.2, 0.25) is 11.7 Å². The fourth-order valence-electron chi connectivity index (χ4n) is 2.99. The molecule has 0 aliphatic heterocycles. The Hall–Kier alpha value is -1.88. The molecule has 1 aromatic heterocycles. The zero-order valence-electron chi connectivity index (χ0n) is 12.2. The van der Waals surface area contributed by atoms with Crippen molar-refractivity contribution in [3.8, 4) is 5.75 Å². The van der Waals surface area contributed by atoms with Crippen LogP contribution in [0.1, 0.15) is 49.9 Å². The van der Waals surface area contributed by atoms with E-state index >= 15 is 0 Å². The Morgan fingerprint density at radius 1 is 1.29 bits per heavy atom. The number of phenols is 1. The molecule has 5 nitrogen and oxygen atoms in total. The molecule has 2 aromatic rings. The van der Waals surface area contributed by atoms with Crippen molar-refractivity contribution in [1.82, 2.24) is 10.1 Å². The third-order valence-electron chi connectivity index (χ3n) is 4.04. The Labute approximate surface area is 123 Å². The number of nitrogens with zero attached hydrogens (tertiary/aromatic N) is 2. The van der Waals surface area contributed by atoms with Gasteiger partial charge in [-0.2, -0.15) is 4.98 Å². The normalized spacial score (nSPS) is 17.2. The van der Waals surface area contributed by atoms with Crippen molar-refractivity contribution < 1.29 is 14.4 Å². The molecule has 0 bridgehead atoms. The molecule has 1 aliphatic carbocycles. The lowest BCUT2D eigenvalue weighted by Crippen LogP contribution is -2.27. The van der Waals surface area contributed by atoms with Crippen LogP contribution in [0, 0.1) is 0 Å². The number of para-hydroxylation sites is 1. The highest BCUT2D eigenvalue weighted by atomic mass is 16.5. The summed E-state index contributed by atoms with van der Waals surface area (Å²) in [7, 11) is 0. The first-order valence-corrected chi connectivity index (χ1v) is 7.47. The summed E-state index contributed by atoms with van der Waals surface area (Å²) in [6, 6.07) is 7.18. The maximum Gasteiger partial charge on any atom is 0.231 e. The van der Waals surface area contributed by atoms with E-state index in [1.807, 2.05) is 19.1 Å². The summed E-state index contributed by atoms with van der Waals surface area (Å²) in [6.45, 7) is 2.63. The molecular weight excluding hydrogens is 268 g/mol. The van der Waals surface area contributed by atoms with Crippen LogP contribution in [0.25, 0.3) is 0 Å². The van der Waals surface area contributed by atoms with Crippen LogP contribution >= 0.6 is 0 Å². The van der Waals surface area contributed by atoms with Crippen molar-refractivity contribution in [2.24, 2.45) is 0 Å². The SMILES string of the molecule is CCOC1(c2noc(Cc3ccccc3O)n2)CCCC1. The highest BCUT2D eigenvalue weighted by Crippen LogP contribution is 2.40. The van der Waals surface area contributed by atoms with Crippen LogP contribution < -0.4 is 0 Å². The van der Waals surface area contributed by atoms with Crippen molar-refractivity contribution in [2.75, 3.05) is 6.61 Å². The molecule has 1 N–H and O–H groups in total. The number of rotatable bonds is 5. The number of hydrogen-bond donors (Lipinski definition) is 1. The van der Waals surface area contributed by atoms with Crippen molar-refractivity contribution in [3.63, 3.8) is 0 Å². The summed E-state index contributed by atoms with van der Waals surface area (Å²) < 4.78 is 11.3. The van der Waals surface area contributed by atoms with E-state index in [1.165, 1.54) is 0 Å². The van der Waals surface area contributed by atoms with E-state index in [-0.39, 0.29) is 11.4 Å². The summed E-state index contributed by atoms with van der Waals surface area (Å²) in [5.41, 5.74) is 0.402. The quantitative estimate of drug-likeness (QED) is 0.915. The third-order valence-corrected chi connectivity index (χ3v) is 4.04. The first-order chi connectivity index (χ1) is 10.2. The van der Waals surface area contributed by atoms with Crippen LogP contribution in [0.5, 0.6) is 5.75 Å². The van der Waals surface area contributed by atoms with Crippen LogP contribution in [-0.4, -0.2) is 21.9 Å². The molecule has 0 saturated heterocycles. The minimum absolute atomic E-state index is 0.248. The van der Waals surface area contributed by atoms with E-state index in [2.05, 4.69) is 10.1 Å². The lowest BCUT2D eigenvalue weighted by molar-refractivity contribution is -0.0469. The largest absolute Gasteiger partial charge is 0.508 e. The van der Waals surface area contributed by atoms with Gasteiger partial charge in [-0.25, -0.2) is 0 Å². The Bertz CT molecular complexity index is 603. The van der Waals surface area contributed by atoms with Gasteiger partial charge in [-0.05, 0) is 38.7 Å². The Kier molecular flexibility index (Phi) is 3.92. The van der Waals surface area contributed by atoms with E-state index < -0.39 is 0 Å². The molecule has 3 rings (SSSR count). The van der Waals surface area contributed by atoms with E-state index in [0.29, 0.717) is 24.7 Å². The van der Waals surface area contributed by atoms with Gasteiger partial charge in [-0.1, -0.05) is 23.4 Å². The van der Waals surface area contributed by atoms with Gasteiger partial charge in [0.1, 0.15) is 11.4 Å². The lowest BCUT2D eigenvalue weighted by atomic mass is 10.0. The smallest absolute Gasteiger partial charge is 0.231 e. The second kappa shape index (κ2) is 5.85. The predicted molar refractivity (Wildman–Crippen MR) is 77.0 cm³/mol. The standard InChI is InChI=1S/C16H20N2O3/c1-2-20-16(9-5-6-10-16)15-17-14(21-18-15)11-12-7-3-4-8-13(12)19/h3-4,7-8,19H,2,5-6,9-11H2,1H3. The summed E-state index contributed by atoms with van der Waals surface area (Å²) in [5.74, 6) is 1.40. The number of hydrogen-bond acceptors (Lipinski definition) is 5. The van der Waals surface area contributed by atoms with E-state index in [9.17, 15) is 5.11 Å². The summed E-state index contributed by atoms with van der Waals surface area (Å²) in [4.78, 5) is 4.51. The molecule has 112 valence electrons. The molecule has 0 radical (unpaired) electrons. The molecule has 1 aliphatic rings. The number of benzene rings is 1. The van der Waals surface area contributed by atoms with Gasteiger partial charge in [-0.3, -0.25) is 0 Å². The molecule has 0 atom stereocenters. The zero-order chi connectivity index (χ0) is 14.7. The highest BCUT2D eigenvalue weighted by Gasteiger charge is 2.40.